The molecule has 0 saturated carbocycles. The van der Waals surface area contributed by atoms with Gasteiger partial charge in [0.2, 0.25) is 5.91 Å². The van der Waals surface area contributed by atoms with Crippen LogP contribution in [-0.2, 0) is 16.1 Å². The van der Waals surface area contributed by atoms with Crippen LogP contribution in [0.25, 0.3) is 0 Å². The summed E-state index contributed by atoms with van der Waals surface area (Å²) in [5.41, 5.74) is 1.05. The summed E-state index contributed by atoms with van der Waals surface area (Å²) in [6.07, 6.45) is -2.60. The maximum atomic E-state index is 12.6. The minimum atomic E-state index is -4.89. The van der Waals surface area contributed by atoms with E-state index in [1.165, 1.54) is 6.92 Å². The van der Waals surface area contributed by atoms with Crippen molar-refractivity contribution < 1.29 is 22.8 Å². The van der Waals surface area contributed by atoms with Gasteiger partial charge in [-0.3, -0.25) is 9.59 Å². The third kappa shape index (κ3) is 7.38. The van der Waals surface area contributed by atoms with Crippen molar-refractivity contribution in [3.63, 3.8) is 0 Å². The van der Waals surface area contributed by atoms with Gasteiger partial charge in [-0.25, -0.2) is 0 Å². The lowest BCUT2D eigenvalue weighted by Gasteiger charge is -2.22. The predicted molar refractivity (Wildman–Crippen MR) is 99.7 cm³/mol. The van der Waals surface area contributed by atoms with Crippen molar-refractivity contribution in [2.24, 2.45) is 5.92 Å². The highest BCUT2D eigenvalue weighted by Crippen LogP contribution is 2.21. The highest BCUT2D eigenvalue weighted by atomic mass is 35.5. The van der Waals surface area contributed by atoms with Crippen molar-refractivity contribution >= 4 is 29.9 Å². The Morgan fingerprint density at radius 3 is 2.67 bits per heavy atom. The minimum absolute atomic E-state index is 0. The van der Waals surface area contributed by atoms with Crippen LogP contribution in [0.1, 0.15) is 31.7 Å². The zero-order chi connectivity index (χ0) is 19.2. The molecule has 2 rings (SSSR count). The Balaban J connectivity index is 0.00000364. The first kappa shape index (κ1) is 23.2. The van der Waals surface area contributed by atoms with Gasteiger partial charge < -0.3 is 15.5 Å². The van der Waals surface area contributed by atoms with E-state index < -0.39 is 12.1 Å². The lowest BCUT2D eigenvalue weighted by molar-refractivity contribution is -0.185. The highest BCUT2D eigenvalue weighted by molar-refractivity contribution is 5.90. The average molecular weight is 408 g/mol. The summed E-state index contributed by atoms with van der Waals surface area (Å²) < 4.78 is 37.8. The van der Waals surface area contributed by atoms with Crippen LogP contribution in [-0.4, -0.2) is 42.5 Å². The largest absolute Gasteiger partial charge is 0.471 e. The second kappa shape index (κ2) is 10.5. The highest BCUT2D eigenvalue weighted by Gasteiger charge is 2.41. The second-order valence-electron chi connectivity index (χ2n) is 6.46. The second-order valence-corrected chi connectivity index (χ2v) is 6.46. The van der Waals surface area contributed by atoms with Gasteiger partial charge in [0, 0.05) is 25.2 Å². The Hall–Kier alpha value is -1.80. The fourth-order valence-electron chi connectivity index (χ4n) is 2.99. The molecule has 1 aromatic rings. The summed E-state index contributed by atoms with van der Waals surface area (Å²) in [6, 6.07) is 6.56. The average Bonchev–Trinajstić information content (AvgIpc) is 3.10. The molecule has 0 aliphatic carbocycles. The monoisotopic (exact) mass is 407 g/mol. The smallest absolute Gasteiger partial charge is 0.331 e. The number of hydrogen-bond donors (Lipinski definition) is 2. The number of carbonyl (C=O) groups is 2. The molecule has 1 heterocycles. The number of hydrogen-bond acceptors (Lipinski definition) is 3. The normalized spacial score (nSPS) is 16.5. The Labute approximate surface area is 163 Å². The van der Waals surface area contributed by atoms with E-state index >= 15 is 0 Å². The van der Waals surface area contributed by atoms with Gasteiger partial charge in [0.15, 0.2) is 0 Å². The third-order valence-electron chi connectivity index (χ3n) is 4.44. The summed E-state index contributed by atoms with van der Waals surface area (Å²) in [5.74, 6) is -1.47. The molecule has 0 spiro atoms. The molecule has 152 valence electrons. The van der Waals surface area contributed by atoms with Gasteiger partial charge in [-0.15, -0.1) is 12.4 Å². The molecule has 0 radical (unpaired) electrons. The first-order chi connectivity index (χ1) is 12.3. The van der Waals surface area contributed by atoms with E-state index in [9.17, 15) is 22.8 Å². The van der Waals surface area contributed by atoms with Crippen molar-refractivity contribution in [3.8, 4) is 0 Å². The molecule has 1 aliphatic heterocycles. The molecule has 1 aromatic carbocycles. The van der Waals surface area contributed by atoms with E-state index in [0.717, 1.165) is 30.8 Å². The number of carbonyl (C=O) groups excluding carboxylic acids is 2. The van der Waals surface area contributed by atoms with Crippen LogP contribution in [0.2, 0.25) is 0 Å². The zero-order valence-corrected chi connectivity index (χ0v) is 16.0. The molecule has 1 aliphatic rings. The lowest BCUT2D eigenvalue weighted by atomic mass is 10.0. The van der Waals surface area contributed by atoms with Crippen molar-refractivity contribution in [1.29, 1.82) is 0 Å². The molecule has 0 aromatic heterocycles. The number of halogens is 4. The molecular formula is C18H25ClF3N3O2. The van der Waals surface area contributed by atoms with E-state index in [-0.39, 0.29) is 31.4 Å². The SMILES string of the molecule is CCN(Cc1cccc(NC(=O)CCC2CCNC2)c1)C(=O)C(F)(F)F.Cl. The molecular weight excluding hydrogens is 383 g/mol. The summed E-state index contributed by atoms with van der Waals surface area (Å²) >= 11 is 0. The van der Waals surface area contributed by atoms with Crippen LogP contribution in [0, 0.1) is 5.92 Å². The Kier molecular flexibility index (Phi) is 9.05. The van der Waals surface area contributed by atoms with Crippen LogP contribution < -0.4 is 10.6 Å². The third-order valence-corrected chi connectivity index (χ3v) is 4.44. The fourth-order valence-corrected chi connectivity index (χ4v) is 2.99. The number of nitrogens with one attached hydrogen (secondary N) is 2. The van der Waals surface area contributed by atoms with Gasteiger partial charge in [0.05, 0.1) is 0 Å². The van der Waals surface area contributed by atoms with E-state index in [1.807, 2.05) is 0 Å². The Morgan fingerprint density at radius 2 is 2.07 bits per heavy atom. The fraction of sp³-hybridized carbons (Fsp3) is 0.556. The van der Waals surface area contributed by atoms with Gasteiger partial charge in [0.1, 0.15) is 0 Å². The summed E-state index contributed by atoms with van der Waals surface area (Å²) in [6.45, 7) is 3.20. The molecule has 2 N–H and O–H groups in total. The molecule has 1 unspecified atom stereocenters. The van der Waals surface area contributed by atoms with Gasteiger partial charge in [-0.1, -0.05) is 12.1 Å². The maximum absolute atomic E-state index is 12.6. The van der Waals surface area contributed by atoms with Gasteiger partial charge in [0.25, 0.3) is 0 Å². The lowest BCUT2D eigenvalue weighted by Crippen LogP contribution is -2.40. The molecule has 1 fully saturated rings. The molecule has 9 heteroatoms. The van der Waals surface area contributed by atoms with E-state index in [1.54, 1.807) is 24.3 Å². The Bertz CT molecular complexity index is 635. The van der Waals surface area contributed by atoms with Gasteiger partial charge >= 0.3 is 12.1 Å². The van der Waals surface area contributed by atoms with Crippen LogP contribution in [0.5, 0.6) is 0 Å². The zero-order valence-electron chi connectivity index (χ0n) is 15.1. The topological polar surface area (TPSA) is 61.4 Å². The number of nitrogens with zero attached hydrogens (tertiary/aromatic N) is 1. The van der Waals surface area contributed by atoms with Crippen molar-refractivity contribution in [3.05, 3.63) is 29.8 Å². The van der Waals surface area contributed by atoms with Crippen molar-refractivity contribution in [1.82, 2.24) is 10.2 Å². The van der Waals surface area contributed by atoms with Crippen LogP contribution in [0.3, 0.4) is 0 Å². The molecule has 2 amide bonds. The van der Waals surface area contributed by atoms with Crippen molar-refractivity contribution in [2.75, 3.05) is 25.0 Å². The maximum Gasteiger partial charge on any atom is 0.471 e. The van der Waals surface area contributed by atoms with Gasteiger partial charge in [-0.2, -0.15) is 13.2 Å². The van der Waals surface area contributed by atoms with Crippen molar-refractivity contribution in [2.45, 2.75) is 38.9 Å². The molecule has 27 heavy (non-hydrogen) atoms. The first-order valence-corrected chi connectivity index (χ1v) is 8.75. The molecule has 1 saturated heterocycles. The number of alkyl halides is 3. The summed E-state index contributed by atoms with van der Waals surface area (Å²) in [7, 11) is 0. The molecule has 5 nitrogen and oxygen atoms in total. The number of amides is 2. The minimum Gasteiger partial charge on any atom is -0.331 e. The standard InChI is InChI=1S/C18H24F3N3O2.ClH/c1-2-24(17(26)18(19,20)21)12-14-4-3-5-15(10-14)23-16(25)7-6-13-8-9-22-11-13;/h3-5,10,13,22H,2,6-9,11-12H2,1H3,(H,23,25);1H. The summed E-state index contributed by atoms with van der Waals surface area (Å²) in [5, 5.41) is 6.02. The Morgan fingerprint density at radius 1 is 1.33 bits per heavy atom. The van der Waals surface area contributed by atoms with Crippen LogP contribution >= 0.6 is 12.4 Å². The quantitative estimate of drug-likeness (QED) is 0.728. The van der Waals surface area contributed by atoms with E-state index in [4.69, 9.17) is 0 Å². The molecule has 0 bridgehead atoms. The number of benzene rings is 1. The summed E-state index contributed by atoms with van der Waals surface area (Å²) in [4.78, 5) is 24.2. The van der Waals surface area contributed by atoms with Crippen LogP contribution in [0.15, 0.2) is 24.3 Å². The molecule has 1 atom stereocenters. The number of rotatable bonds is 7. The number of anilines is 1. The predicted octanol–water partition coefficient (Wildman–Crippen LogP) is 3.35. The van der Waals surface area contributed by atoms with E-state index in [0.29, 0.717) is 23.6 Å². The van der Waals surface area contributed by atoms with E-state index in [2.05, 4.69) is 10.6 Å². The van der Waals surface area contributed by atoms with Gasteiger partial charge in [-0.05, 0) is 56.5 Å². The first-order valence-electron chi connectivity index (χ1n) is 8.75. The van der Waals surface area contributed by atoms with Crippen LogP contribution in [0.4, 0.5) is 18.9 Å².